The van der Waals surface area contributed by atoms with E-state index in [1.807, 2.05) is 6.07 Å². The maximum Gasteiger partial charge on any atom is 0.243 e. The molecule has 0 unspecified atom stereocenters. The maximum absolute atomic E-state index is 12.6. The van der Waals surface area contributed by atoms with Gasteiger partial charge in [0.15, 0.2) is 0 Å². The van der Waals surface area contributed by atoms with Crippen LogP contribution in [0.15, 0.2) is 41.6 Å². The van der Waals surface area contributed by atoms with Crippen LogP contribution in [-0.2, 0) is 26.2 Å². The van der Waals surface area contributed by atoms with E-state index >= 15 is 0 Å². The molecule has 1 aliphatic rings. The van der Waals surface area contributed by atoms with Crippen LogP contribution in [0.2, 0.25) is 0 Å². The first-order valence-electron chi connectivity index (χ1n) is 9.86. The third-order valence-electron chi connectivity index (χ3n) is 5.00. The van der Waals surface area contributed by atoms with E-state index in [4.69, 9.17) is 5.26 Å². The van der Waals surface area contributed by atoms with Crippen molar-refractivity contribution >= 4 is 27.5 Å². The highest BCUT2D eigenvalue weighted by molar-refractivity contribution is 7.89. The van der Waals surface area contributed by atoms with Crippen LogP contribution in [0.4, 0.5) is 5.69 Å². The van der Waals surface area contributed by atoms with Crippen molar-refractivity contribution < 1.29 is 18.0 Å². The second-order valence-corrected chi connectivity index (χ2v) is 9.47. The number of benzene rings is 1. The molecule has 1 aromatic carbocycles. The van der Waals surface area contributed by atoms with E-state index in [0.717, 1.165) is 30.0 Å². The van der Waals surface area contributed by atoms with E-state index in [1.165, 1.54) is 48.4 Å². The summed E-state index contributed by atoms with van der Waals surface area (Å²) in [5.74, 6) is -0.684. The molecule has 0 radical (unpaired) electrons. The highest BCUT2D eigenvalue weighted by Gasteiger charge is 2.23. The minimum Gasteiger partial charge on any atom is -0.352 e. The van der Waals surface area contributed by atoms with Crippen molar-refractivity contribution in [3.05, 3.63) is 42.2 Å². The Balaban J connectivity index is 1.53. The zero-order valence-electron chi connectivity index (χ0n) is 17.1. The van der Waals surface area contributed by atoms with Crippen LogP contribution in [0.5, 0.6) is 0 Å². The van der Waals surface area contributed by atoms with Crippen LogP contribution in [0, 0.1) is 11.3 Å². The average molecular weight is 445 g/mol. The number of carbonyl (C=O) groups excluding carboxylic acids is 2. The largest absolute Gasteiger partial charge is 0.352 e. The Morgan fingerprint density at radius 3 is 2.55 bits per heavy atom. The number of hydrogen-bond acceptors (Lipinski definition) is 6. The van der Waals surface area contributed by atoms with Gasteiger partial charge in [0.25, 0.3) is 0 Å². The highest BCUT2D eigenvalue weighted by atomic mass is 32.2. The summed E-state index contributed by atoms with van der Waals surface area (Å²) in [6.45, 7) is -0.366. The lowest BCUT2D eigenvalue weighted by Gasteiger charge is -2.16. The van der Waals surface area contributed by atoms with Gasteiger partial charge < -0.3 is 10.6 Å². The lowest BCUT2D eigenvalue weighted by molar-refractivity contribution is -0.122. The quantitative estimate of drug-likeness (QED) is 0.625. The van der Waals surface area contributed by atoms with Gasteiger partial charge in [0.05, 0.1) is 35.0 Å². The number of sulfonamides is 1. The number of likely N-dealkylation sites (N-methyl/N-ethyl adjacent to an activating group) is 1. The van der Waals surface area contributed by atoms with Gasteiger partial charge in [-0.3, -0.25) is 14.3 Å². The van der Waals surface area contributed by atoms with Gasteiger partial charge in [-0.1, -0.05) is 12.8 Å². The van der Waals surface area contributed by atoms with Gasteiger partial charge >= 0.3 is 0 Å². The average Bonchev–Trinajstić information content (AvgIpc) is 3.40. The molecule has 31 heavy (non-hydrogen) atoms. The van der Waals surface area contributed by atoms with Crippen LogP contribution in [0.3, 0.4) is 0 Å². The first kappa shape index (κ1) is 22.5. The van der Waals surface area contributed by atoms with Gasteiger partial charge in [-0.2, -0.15) is 14.7 Å². The van der Waals surface area contributed by atoms with E-state index in [0.29, 0.717) is 11.3 Å². The summed E-state index contributed by atoms with van der Waals surface area (Å²) in [6, 6.07) is 7.59. The number of amides is 2. The minimum atomic E-state index is -3.88. The molecular weight excluding hydrogens is 420 g/mol. The van der Waals surface area contributed by atoms with Crippen molar-refractivity contribution in [3.8, 4) is 6.07 Å². The Morgan fingerprint density at radius 1 is 1.23 bits per heavy atom. The summed E-state index contributed by atoms with van der Waals surface area (Å²) in [7, 11) is -2.59. The third-order valence-corrected chi connectivity index (χ3v) is 6.82. The molecule has 2 amide bonds. The van der Waals surface area contributed by atoms with E-state index in [2.05, 4.69) is 15.7 Å². The summed E-state index contributed by atoms with van der Waals surface area (Å²) in [6.07, 6.45) is 7.14. The van der Waals surface area contributed by atoms with Crippen LogP contribution in [0.25, 0.3) is 0 Å². The number of carbonyl (C=O) groups is 2. The molecule has 0 aliphatic heterocycles. The molecule has 11 heteroatoms. The number of hydrogen-bond donors (Lipinski definition) is 2. The molecule has 1 fully saturated rings. The SMILES string of the molecule is CN(CC(=O)Nc1cnn(CC(=O)NC2CCCC2)c1)S(=O)(=O)c1ccc(C#N)cc1. The van der Waals surface area contributed by atoms with Crippen molar-refractivity contribution in [2.24, 2.45) is 0 Å². The molecule has 3 rings (SSSR count). The van der Waals surface area contributed by atoms with Gasteiger partial charge in [0.1, 0.15) is 6.54 Å². The van der Waals surface area contributed by atoms with E-state index in [1.54, 1.807) is 0 Å². The monoisotopic (exact) mass is 444 g/mol. The minimum absolute atomic E-state index is 0.0112. The first-order valence-corrected chi connectivity index (χ1v) is 11.3. The Hall–Kier alpha value is -3.23. The van der Waals surface area contributed by atoms with Gasteiger partial charge in [0, 0.05) is 19.3 Å². The zero-order valence-corrected chi connectivity index (χ0v) is 17.9. The van der Waals surface area contributed by atoms with E-state index < -0.39 is 22.5 Å². The molecule has 2 N–H and O–H groups in total. The fraction of sp³-hybridized carbons (Fsp3) is 0.400. The first-order chi connectivity index (χ1) is 14.8. The van der Waals surface area contributed by atoms with Crippen molar-refractivity contribution in [2.75, 3.05) is 18.9 Å². The molecular formula is C20H24N6O4S. The third kappa shape index (κ3) is 5.90. The fourth-order valence-electron chi connectivity index (χ4n) is 3.37. The number of nitrogens with zero attached hydrogens (tertiary/aromatic N) is 4. The molecule has 164 valence electrons. The van der Waals surface area contributed by atoms with Crippen LogP contribution in [-0.4, -0.2) is 54.0 Å². The summed E-state index contributed by atoms with van der Waals surface area (Å²) < 4.78 is 27.5. The summed E-state index contributed by atoms with van der Waals surface area (Å²) in [5, 5.41) is 18.4. The molecule has 1 saturated carbocycles. The lowest BCUT2D eigenvalue weighted by atomic mass is 10.2. The predicted molar refractivity (Wildman–Crippen MR) is 112 cm³/mol. The van der Waals surface area contributed by atoms with Crippen LogP contribution >= 0.6 is 0 Å². The molecule has 10 nitrogen and oxygen atoms in total. The second-order valence-electron chi connectivity index (χ2n) is 7.42. The molecule has 0 atom stereocenters. The van der Waals surface area contributed by atoms with Gasteiger partial charge in [0.2, 0.25) is 21.8 Å². The number of rotatable bonds is 8. The van der Waals surface area contributed by atoms with Gasteiger partial charge in [-0.15, -0.1) is 0 Å². The Bertz CT molecular complexity index is 1080. The number of aromatic nitrogens is 2. The Labute approximate surface area is 180 Å². The topological polar surface area (TPSA) is 137 Å². The molecule has 1 aliphatic carbocycles. The Morgan fingerprint density at radius 2 is 1.90 bits per heavy atom. The smallest absolute Gasteiger partial charge is 0.243 e. The second kappa shape index (κ2) is 9.72. The van der Waals surface area contributed by atoms with Gasteiger partial charge in [-0.05, 0) is 37.1 Å². The molecule has 1 aromatic heterocycles. The summed E-state index contributed by atoms with van der Waals surface area (Å²) in [4.78, 5) is 24.4. The molecule has 0 saturated heterocycles. The molecule has 1 heterocycles. The summed E-state index contributed by atoms with van der Waals surface area (Å²) in [5.41, 5.74) is 0.705. The number of anilines is 1. The van der Waals surface area contributed by atoms with Crippen LogP contribution < -0.4 is 10.6 Å². The number of nitriles is 1. The zero-order chi connectivity index (χ0) is 22.4. The number of nitrogens with one attached hydrogen (secondary N) is 2. The molecule has 0 bridgehead atoms. The molecule has 2 aromatic rings. The molecule has 0 spiro atoms. The van der Waals surface area contributed by atoms with Gasteiger partial charge in [-0.25, -0.2) is 8.42 Å². The van der Waals surface area contributed by atoms with Crippen molar-refractivity contribution in [3.63, 3.8) is 0 Å². The van der Waals surface area contributed by atoms with Crippen LogP contribution in [0.1, 0.15) is 31.2 Å². The van der Waals surface area contributed by atoms with Crippen molar-refractivity contribution in [1.29, 1.82) is 5.26 Å². The van der Waals surface area contributed by atoms with Crippen molar-refractivity contribution in [2.45, 2.75) is 43.2 Å². The normalized spacial score (nSPS) is 14.4. The summed E-state index contributed by atoms with van der Waals surface area (Å²) >= 11 is 0. The van der Waals surface area contributed by atoms with E-state index in [9.17, 15) is 18.0 Å². The van der Waals surface area contributed by atoms with E-state index in [-0.39, 0.29) is 23.4 Å². The lowest BCUT2D eigenvalue weighted by Crippen LogP contribution is -2.35. The fourth-order valence-corrected chi connectivity index (χ4v) is 4.50. The predicted octanol–water partition coefficient (Wildman–Crippen LogP) is 1.07. The van der Waals surface area contributed by atoms with Crippen molar-refractivity contribution in [1.82, 2.24) is 19.4 Å². The highest BCUT2D eigenvalue weighted by Crippen LogP contribution is 2.18. The Kier molecular flexibility index (Phi) is 7.04. The maximum atomic E-state index is 12.6. The standard InChI is InChI=1S/C20H24N6O4S/c1-25(31(29,30)18-8-6-15(10-21)7-9-18)13-19(27)24-17-11-22-26(12-17)14-20(28)23-16-4-2-3-5-16/h6-9,11-12,16H,2-5,13-14H2,1H3,(H,23,28)(H,24,27).